The second kappa shape index (κ2) is 8.38. The number of benzene rings is 2. The molecule has 8 nitrogen and oxygen atoms in total. The maximum atomic E-state index is 13.1. The van der Waals surface area contributed by atoms with Crippen LogP contribution >= 0.6 is 0 Å². The zero-order chi connectivity index (χ0) is 20.1. The molecule has 1 heterocycles. The summed E-state index contributed by atoms with van der Waals surface area (Å²) < 4.78 is 13.1. The zero-order valence-corrected chi connectivity index (χ0v) is 14.8. The minimum atomic E-state index is -1.19. The molecule has 0 aliphatic carbocycles. The number of amides is 2. The summed E-state index contributed by atoms with van der Waals surface area (Å²) in [7, 11) is 0. The molecule has 28 heavy (non-hydrogen) atoms. The Morgan fingerprint density at radius 3 is 2.46 bits per heavy atom. The second-order valence-electron chi connectivity index (χ2n) is 6.24. The first kappa shape index (κ1) is 19.2. The van der Waals surface area contributed by atoms with Crippen molar-refractivity contribution in [2.24, 2.45) is 0 Å². The molecule has 146 valence electrons. The van der Waals surface area contributed by atoms with Crippen molar-refractivity contribution >= 4 is 23.2 Å². The fourth-order valence-corrected chi connectivity index (χ4v) is 2.94. The largest absolute Gasteiger partial charge is 0.465 e. The number of aromatic amines is 1. The van der Waals surface area contributed by atoms with Crippen molar-refractivity contribution in [2.45, 2.75) is 18.9 Å². The van der Waals surface area contributed by atoms with E-state index in [9.17, 15) is 14.0 Å². The number of carboxylic acid groups (broad SMARTS) is 2. The number of rotatable bonds is 7. The highest BCUT2D eigenvalue weighted by atomic mass is 19.1. The van der Waals surface area contributed by atoms with Crippen LogP contribution in [0, 0.1) is 5.82 Å². The quantitative estimate of drug-likeness (QED) is 0.395. The molecule has 0 saturated heterocycles. The van der Waals surface area contributed by atoms with E-state index in [4.69, 9.17) is 10.2 Å². The lowest BCUT2D eigenvalue weighted by Gasteiger charge is -2.14. The highest BCUT2D eigenvalue weighted by molar-refractivity contribution is 5.82. The molecule has 0 radical (unpaired) electrons. The molecule has 3 aromatic rings. The van der Waals surface area contributed by atoms with Gasteiger partial charge in [0.1, 0.15) is 11.6 Å². The van der Waals surface area contributed by atoms with E-state index in [1.54, 1.807) is 12.1 Å². The average molecular weight is 386 g/mol. The number of hydrogen-bond acceptors (Lipinski definition) is 3. The highest BCUT2D eigenvalue weighted by Crippen LogP contribution is 2.26. The zero-order valence-electron chi connectivity index (χ0n) is 14.8. The van der Waals surface area contributed by atoms with Gasteiger partial charge in [0, 0.05) is 6.54 Å². The summed E-state index contributed by atoms with van der Waals surface area (Å²) >= 11 is 0. The lowest BCUT2D eigenvalue weighted by atomic mass is 10.1. The van der Waals surface area contributed by atoms with Crippen LogP contribution in [0.2, 0.25) is 0 Å². The first-order valence-corrected chi connectivity index (χ1v) is 8.64. The molecular formula is C19H19FN4O4. The van der Waals surface area contributed by atoms with E-state index in [-0.39, 0.29) is 12.4 Å². The lowest BCUT2D eigenvalue weighted by molar-refractivity contribution is 0.186. The van der Waals surface area contributed by atoms with Gasteiger partial charge in [-0.1, -0.05) is 18.2 Å². The number of aromatic nitrogens is 2. The molecule has 1 atom stereocenters. The summed E-state index contributed by atoms with van der Waals surface area (Å²) in [4.78, 5) is 29.2. The first-order chi connectivity index (χ1) is 13.4. The molecule has 2 aromatic carbocycles. The Morgan fingerprint density at radius 2 is 1.79 bits per heavy atom. The van der Waals surface area contributed by atoms with Crippen LogP contribution in [0.5, 0.6) is 0 Å². The van der Waals surface area contributed by atoms with Crippen molar-refractivity contribution in [1.29, 1.82) is 0 Å². The number of nitrogens with zero attached hydrogens (tertiary/aromatic N) is 1. The number of imidazole rings is 1. The summed E-state index contributed by atoms with van der Waals surface area (Å²) in [6, 6.07) is 11.0. The van der Waals surface area contributed by atoms with Gasteiger partial charge in [0.05, 0.1) is 17.1 Å². The van der Waals surface area contributed by atoms with Gasteiger partial charge >= 0.3 is 12.2 Å². The first-order valence-electron chi connectivity index (χ1n) is 8.64. The molecular weight excluding hydrogens is 367 g/mol. The van der Waals surface area contributed by atoms with Gasteiger partial charge < -0.3 is 25.8 Å². The van der Waals surface area contributed by atoms with Crippen molar-refractivity contribution in [3.63, 3.8) is 0 Å². The van der Waals surface area contributed by atoms with Crippen LogP contribution in [0.25, 0.3) is 22.2 Å². The van der Waals surface area contributed by atoms with Crippen LogP contribution in [0.3, 0.4) is 0 Å². The molecule has 0 saturated carbocycles. The van der Waals surface area contributed by atoms with Gasteiger partial charge in [-0.25, -0.2) is 19.0 Å². The van der Waals surface area contributed by atoms with Gasteiger partial charge in [0.25, 0.3) is 0 Å². The second-order valence-corrected chi connectivity index (χ2v) is 6.24. The number of carbonyl (C=O) groups is 2. The third-order valence-corrected chi connectivity index (χ3v) is 4.25. The maximum absolute atomic E-state index is 13.1. The van der Waals surface area contributed by atoms with E-state index in [0.29, 0.717) is 24.2 Å². The van der Waals surface area contributed by atoms with Gasteiger partial charge in [-0.15, -0.1) is 0 Å². The SMILES string of the molecule is O=C(O)NCCC[C@H](NC(=O)O)c1nc2cc(-c3ccc(F)cc3)ccc2[nH]1. The molecule has 0 unspecified atom stereocenters. The number of halogens is 1. The molecule has 5 N–H and O–H groups in total. The summed E-state index contributed by atoms with van der Waals surface area (Å²) in [5.74, 6) is 0.135. The minimum Gasteiger partial charge on any atom is -0.465 e. The Bertz CT molecular complexity index is 987. The minimum absolute atomic E-state index is 0.210. The van der Waals surface area contributed by atoms with Crippen LogP contribution in [0.1, 0.15) is 24.7 Å². The summed E-state index contributed by atoms with van der Waals surface area (Å²) in [5.41, 5.74) is 3.09. The Hall–Kier alpha value is -3.62. The smallest absolute Gasteiger partial charge is 0.405 e. The molecule has 1 aromatic heterocycles. The Kier molecular flexibility index (Phi) is 5.73. The summed E-state index contributed by atoms with van der Waals surface area (Å²) in [6.45, 7) is 0.210. The molecule has 0 aliphatic heterocycles. The Balaban J connectivity index is 1.82. The van der Waals surface area contributed by atoms with E-state index in [1.807, 2.05) is 18.2 Å². The van der Waals surface area contributed by atoms with Crippen LogP contribution in [-0.4, -0.2) is 38.9 Å². The maximum Gasteiger partial charge on any atom is 0.405 e. The topological polar surface area (TPSA) is 127 Å². The third-order valence-electron chi connectivity index (χ3n) is 4.25. The molecule has 0 spiro atoms. The van der Waals surface area contributed by atoms with Crippen molar-refractivity contribution in [3.05, 3.63) is 54.1 Å². The van der Waals surface area contributed by atoms with Gasteiger partial charge in [0.2, 0.25) is 0 Å². The molecule has 0 fully saturated rings. The Labute approximate surface area is 159 Å². The van der Waals surface area contributed by atoms with Crippen molar-refractivity contribution < 1.29 is 24.2 Å². The van der Waals surface area contributed by atoms with Crippen molar-refractivity contribution in [2.75, 3.05) is 6.54 Å². The number of H-pyrrole nitrogens is 1. The van der Waals surface area contributed by atoms with E-state index < -0.39 is 18.2 Å². The number of nitrogens with one attached hydrogen (secondary N) is 3. The predicted molar refractivity (Wildman–Crippen MR) is 101 cm³/mol. The monoisotopic (exact) mass is 386 g/mol. The van der Waals surface area contributed by atoms with Gasteiger partial charge in [-0.2, -0.15) is 0 Å². The molecule has 0 aliphatic rings. The summed E-state index contributed by atoms with van der Waals surface area (Å²) in [5, 5.41) is 22.3. The van der Waals surface area contributed by atoms with Gasteiger partial charge in [0.15, 0.2) is 0 Å². The third kappa shape index (κ3) is 4.76. The van der Waals surface area contributed by atoms with Crippen LogP contribution in [-0.2, 0) is 0 Å². The normalized spacial score (nSPS) is 11.9. The highest BCUT2D eigenvalue weighted by Gasteiger charge is 2.18. The van der Waals surface area contributed by atoms with Crippen molar-refractivity contribution in [1.82, 2.24) is 20.6 Å². The average Bonchev–Trinajstić information content (AvgIpc) is 3.07. The van der Waals surface area contributed by atoms with Crippen molar-refractivity contribution in [3.8, 4) is 11.1 Å². The summed E-state index contributed by atoms with van der Waals surface area (Å²) in [6.07, 6.45) is -1.50. The molecule has 0 bridgehead atoms. The lowest BCUT2D eigenvalue weighted by Crippen LogP contribution is -2.29. The number of hydrogen-bond donors (Lipinski definition) is 5. The van der Waals surface area contributed by atoms with Gasteiger partial charge in [-0.05, 0) is 48.2 Å². The predicted octanol–water partition coefficient (Wildman–Crippen LogP) is 3.73. The molecule has 9 heteroatoms. The van der Waals surface area contributed by atoms with Crippen LogP contribution in [0.15, 0.2) is 42.5 Å². The molecule has 2 amide bonds. The van der Waals surface area contributed by atoms with Crippen LogP contribution in [0.4, 0.5) is 14.0 Å². The molecule has 3 rings (SSSR count). The standard InChI is InChI=1S/C19H19FN4O4/c20-13-6-3-11(4-7-13)12-5-8-14-16(10-12)23-17(22-14)15(24-19(27)28)2-1-9-21-18(25)26/h3-8,10,15,21,24H,1-2,9H2,(H,22,23)(H,25,26)(H,27,28)/t15-/m0/s1. The number of fused-ring (bicyclic) bond motifs is 1. The Morgan fingerprint density at radius 1 is 1.07 bits per heavy atom. The fourth-order valence-electron chi connectivity index (χ4n) is 2.94. The van der Waals surface area contributed by atoms with E-state index >= 15 is 0 Å². The van der Waals surface area contributed by atoms with E-state index in [1.165, 1.54) is 12.1 Å². The fraction of sp³-hybridized carbons (Fsp3) is 0.211. The van der Waals surface area contributed by atoms with Crippen LogP contribution < -0.4 is 10.6 Å². The van der Waals surface area contributed by atoms with E-state index in [2.05, 4.69) is 20.6 Å². The van der Waals surface area contributed by atoms with Gasteiger partial charge in [-0.3, -0.25) is 0 Å². The van der Waals surface area contributed by atoms with E-state index in [0.717, 1.165) is 16.6 Å².